The summed E-state index contributed by atoms with van der Waals surface area (Å²) in [6, 6.07) is 30.0. The number of aliphatic hydroxyl groups excluding tert-OH is 1. The Morgan fingerprint density at radius 3 is 2.36 bits per heavy atom. The monoisotopic (exact) mass is 522 g/mol. The van der Waals surface area contributed by atoms with Crippen molar-refractivity contribution < 1.29 is 14.6 Å². The van der Waals surface area contributed by atoms with Crippen molar-refractivity contribution in [2.24, 2.45) is 0 Å². The second-order valence-electron chi connectivity index (χ2n) is 9.25. The van der Waals surface area contributed by atoms with Crippen LogP contribution in [0.5, 0.6) is 0 Å². The van der Waals surface area contributed by atoms with E-state index in [2.05, 4.69) is 51.6 Å². The molecule has 1 saturated heterocycles. The molecule has 39 heavy (non-hydrogen) atoms. The summed E-state index contributed by atoms with van der Waals surface area (Å²) in [6.07, 6.45) is 1.94. The fraction of sp³-hybridized carbons (Fsp3) is 0.219. The standard InChI is InChI=1S/C31H30N4O2.CH4O/c1-22(32)30-29(18-26(20-36)34-31(30)33-25-10-6-3-7-11-25)24-12-14-27(15-13-24)35-17-16-28(19-35)37-21-23-8-4-2-5-9-23;1-2/h2-15,18,20,28,32H,16-17,19,21H2,1H3,(H,33,34);2H,1H3. The van der Waals surface area contributed by atoms with E-state index in [9.17, 15) is 4.79 Å². The number of aromatic nitrogens is 1. The molecule has 2 heterocycles. The van der Waals surface area contributed by atoms with Gasteiger partial charge in [0.25, 0.3) is 0 Å². The minimum atomic E-state index is 0.203. The molecule has 7 heteroatoms. The molecule has 0 spiro atoms. The number of carbonyl (C=O) groups excluding carboxylic acids is 1. The molecule has 1 fully saturated rings. The molecule has 200 valence electrons. The van der Waals surface area contributed by atoms with Crippen molar-refractivity contribution >= 4 is 29.2 Å². The first kappa shape index (κ1) is 27.7. The maximum atomic E-state index is 11.7. The Morgan fingerprint density at radius 1 is 1.05 bits per heavy atom. The van der Waals surface area contributed by atoms with Gasteiger partial charge in [0.1, 0.15) is 11.5 Å². The van der Waals surface area contributed by atoms with Gasteiger partial charge in [0, 0.05) is 42.8 Å². The number of anilines is 3. The SMILES string of the molecule is CC(=N)c1c(-c2ccc(N3CCC(OCc4ccccc4)C3)cc2)cc(C=O)nc1Nc1ccccc1.CO. The van der Waals surface area contributed by atoms with Gasteiger partial charge in [-0.25, -0.2) is 4.98 Å². The first-order valence-corrected chi connectivity index (χ1v) is 12.9. The second kappa shape index (κ2) is 13.5. The van der Waals surface area contributed by atoms with Crippen molar-refractivity contribution in [2.45, 2.75) is 26.1 Å². The number of carbonyl (C=O) groups is 1. The maximum Gasteiger partial charge on any atom is 0.168 e. The molecule has 1 aliphatic heterocycles. The molecule has 0 bridgehead atoms. The van der Waals surface area contributed by atoms with Gasteiger partial charge < -0.3 is 25.5 Å². The zero-order valence-electron chi connectivity index (χ0n) is 22.3. The summed E-state index contributed by atoms with van der Waals surface area (Å²) in [7, 11) is 1.00. The molecule has 7 nitrogen and oxygen atoms in total. The Bertz CT molecular complexity index is 1380. The molecule has 5 rings (SSSR count). The number of ether oxygens (including phenoxy) is 1. The minimum absolute atomic E-state index is 0.203. The number of hydrogen-bond acceptors (Lipinski definition) is 7. The van der Waals surface area contributed by atoms with Gasteiger partial charge in [-0.05, 0) is 60.4 Å². The first-order chi connectivity index (χ1) is 19.1. The van der Waals surface area contributed by atoms with Gasteiger partial charge in [-0.2, -0.15) is 0 Å². The van der Waals surface area contributed by atoms with E-state index in [1.54, 1.807) is 13.0 Å². The summed E-state index contributed by atoms with van der Waals surface area (Å²) < 4.78 is 6.15. The van der Waals surface area contributed by atoms with Crippen molar-refractivity contribution in [1.82, 2.24) is 4.98 Å². The summed E-state index contributed by atoms with van der Waals surface area (Å²) in [6.45, 7) is 4.17. The predicted molar refractivity (Wildman–Crippen MR) is 157 cm³/mol. The van der Waals surface area contributed by atoms with Crippen LogP contribution in [-0.4, -0.2) is 48.4 Å². The normalized spacial score (nSPS) is 14.3. The average molecular weight is 523 g/mol. The van der Waals surface area contributed by atoms with E-state index >= 15 is 0 Å². The quantitative estimate of drug-likeness (QED) is 0.182. The fourth-order valence-corrected chi connectivity index (χ4v) is 4.72. The van der Waals surface area contributed by atoms with Gasteiger partial charge in [-0.3, -0.25) is 4.79 Å². The van der Waals surface area contributed by atoms with Crippen LogP contribution in [-0.2, 0) is 11.3 Å². The number of nitrogens with zero attached hydrogens (tertiary/aromatic N) is 2. The largest absolute Gasteiger partial charge is 0.400 e. The van der Waals surface area contributed by atoms with E-state index in [4.69, 9.17) is 15.3 Å². The van der Waals surface area contributed by atoms with E-state index in [1.807, 2.05) is 48.5 Å². The van der Waals surface area contributed by atoms with Gasteiger partial charge in [0.05, 0.1) is 12.7 Å². The number of aldehydes is 1. The van der Waals surface area contributed by atoms with Gasteiger partial charge in [-0.15, -0.1) is 0 Å². The van der Waals surface area contributed by atoms with Crippen molar-refractivity contribution in [3.63, 3.8) is 0 Å². The van der Waals surface area contributed by atoms with Crippen LogP contribution in [0.3, 0.4) is 0 Å². The maximum absolute atomic E-state index is 11.7. The molecule has 3 aromatic carbocycles. The molecule has 1 unspecified atom stereocenters. The summed E-state index contributed by atoms with van der Waals surface area (Å²) in [5.74, 6) is 0.500. The third-order valence-corrected chi connectivity index (χ3v) is 6.59. The van der Waals surface area contributed by atoms with E-state index in [0.717, 1.165) is 55.4 Å². The average Bonchev–Trinajstić information content (AvgIpc) is 3.47. The van der Waals surface area contributed by atoms with E-state index in [1.165, 1.54) is 5.56 Å². The molecule has 4 aromatic rings. The number of nitrogens with one attached hydrogen (secondary N) is 2. The number of rotatable bonds is 9. The zero-order chi connectivity index (χ0) is 27.6. The lowest BCUT2D eigenvalue weighted by Gasteiger charge is -2.20. The lowest BCUT2D eigenvalue weighted by atomic mass is 9.96. The van der Waals surface area contributed by atoms with Gasteiger partial charge in [0.15, 0.2) is 6.29 Å². The van der Waals surface area contributed by atoms with Crippen LogP contribution in [0.15, 0.2) is 91.0 Å². The fourth-order valence-electron chi connectivity index (χ4n) is 4.72. The smallest absolute Gasteiger partial charge is 0.168 e. The van der Waals surface area contributed by atoms with Crippen LogP contribution in [0.1, 0.15) is 35.0 Å². The van der Waals surface area contributed by atoms with Crippen LogP contribution in [0, 0.1) is 5.41 Å². The van der Waals surface area contributed by atoms with Crippen LogP contribution < -0.4 is 10.2 Å². The summed E-state index contributed by atoms with van der Waals surface area (Å²) >= 11 is 0. The Morgan fingerprint density at radius 2 is 1.72 bits per heavy atom. The van der Waals surface area contributed by atoms with Crippen molar-refractivity contribution in [1.29, 1.82) is 5.41 Å². The van der Waals surface area contributed by atoms with Crippen LogP contribution in [0.25, 0.3) is 11.1 Å². The minimum Gasteiger partial charge on any atom is -0.400 e. The number of hydrogen-bond donors (Lipinski definition) is 3. The molecule has 1 aromatic heterocycles. The Hall–Kier alpha value is -4.33. The summed E-state index contributed by atoms with van der Waals surface area (Å²) in [4.78, 5) is 18.5. The summed E-state index contributed by atoms with van der Waals surface area (Å²) in [5.41, 5.74) is 6.28. The van der Waals surface area contributed by atoms with E-state index in [-0.39, 0.29) is 6.10 Å². The van der Waals surface area contributed by atoms with Gasteiger partial charge in [-0.1, -0.05) is 60.7 Å². The molecular formula is C32H34N4O3. The highest BCUT2D eigenvalue weighted by Gasteiger charge is 2.24. The molecule has 1 atom stereocenters. The van der Waals surface area contributed by atoms with Gasteiger partial charge in [0.2, 0.25) is 0 Å². The third kappa shape index (κ3) is 6.96. The highest BCUT2D eigenvalue weighted by atomic mass is 16.5. The topological polar surface area (TPSA) is 98.5 Å². The number of aliphatic hydroxyl groups is 1. The first-order valence-electron chi connectivity index (χ1n) is 12.9. The van der Waals surface area contributed by atoms with Gasteiger partial charge >= 0.3 is 0 Å². The molecular weight excluding hydrogens is 488 g/mol. The third-order valence-electron chi connectivity index (χ3n) is 6.59. The highest BCUT2D eigenvalue weighted by molar-refractivity contribution is 6.07. The van der Waals surface area contributed by atoms with Crippen molar-refractivity contribution in [2.75, 3.05) is 30.4 Å². The summed E-state index contributed by atoms with van der Waals surface area (Å²) in [5, 5.41) is 18.8. The van der Waals surface area contributed by atoms with Crippen molar-refractivity contribution in [3.05, 3.63) is 108 Å². The molecule has 1 aliphatic rings. The Labute approximate surface area is 229 Å². The Kier molecular flexibility index (Phi) is 9.56. The number of pyridine rings is 1. The Balaban J connectivity index is 0.00000172. The number of para-hydroxylation sites is 1. The highest BCUT2D eigenvalue weighted by Crippen LogP contribution is 2.33. The molecule has 3 N–H and O–H groups in total. The second-order valence-corrected chi connectivity index (χ2v) is 9.25. The molecule has 0 amide bonds. The van der Waals surface area contributed by atoms with E-state index in [0.29, 0.717) is 29.4 Å². The van der Waals surface area contributed by atoms with Crippen LogP contribution >= 0.6 is 0 Å². The molecule has 0 radical (unpaired) electrons. The molecule has 0 saturated carbocycles. The zero-order valence-corrected chi connectivity index (χ0v) is 22.3. The predicted octanol–water partition coefficient (Wildman–Crippen LogP) is 6.10. The number of benzene rings is 3. The van der Waals surface area contributed by atoms with Crippen LogP contribution in [0.2, 0.25) is 0 Å². The van der Waals surface area contributed by atoms with Crippen LogP contribution in [0.4, 0.5) is 17.2 Å². The van der Waals surface area contributed by atoms with E-state index < -0.39 is 0 Å². The lowest BCUT2D eigenvalue weighted by Crippen LogP contribution is -2.22. The van der Waals surface area contributed by atoms with Crippen molar-refractivity contribution in [3.8, 4) is 11.1 Å². The molecule has 0 aliphatic carbocycles. The lowest BCUT2D eigenvalue weighted by molar-refractivity contribution is 0.0553.